The van der Waals surface area contributed by atoms with Gasteiger partial charge < -0.3 is 38.3 Å². The quantitative estimate of drug-likeness (QED) is 0.457. The van der Waals surface area contributed by atoms with Gasteiger partial charge in [-0.1, -0.05) is 24.3 Å². The molecule has 3 heterocycles. The molecule has 49 heavy (non-hydrogen) atoms. The molecule has 0 unspecified atom stereocenters. The van der Waals surface area contributed by atoms with Crippen molar-refractivity contribution in [3.05, 3.63) is 59.7 Å². The molecule has 2 aromatic rings. The highest BCUT2D eigenvalue weighted by atomic mass is 16.7. The summed E-state index contributed by atoms with van der Waals surface area (Å²) < 4.78 is 29.5. The Morgan fingerprint density at radius 1 is 0.673 bits per heavy atom. The minimum atomic E-state index is -0.951. The molecular weight excluding hydrogens is 626 g/mol. The van der Waals surface area contributed by atoms with E-state index in [1.807, 2.05) is 106 Å². The molecule has 1 N–H and O–H groups in total. The van der Waals surface area contributed by atoms with Gasteiger partial charge >= 0.3 is 26.3 Å². The first-order chi connectivity index (χ1) is 22.5. The largest absolute Gasteiger partial charge is 0.494 e. The number of benzene rings is 2. The van der Waals surface area contributed by atoms with Crippen LogP contribution in [0.4, 0.5) is 4.79 Å². The highest BCUT2D eigenvalue weighted by Crippen LogP contribution is 2.37. The molecule has 0 atom stereocenters. The van der Waals surface area contributed by atoms with Crippen LogP contribution in [0.25, 0.3) is 0 Å². The minimum Gasteiger partial charge on any atom is -0.478 e. The van der Waals surface area contributed by atoms with Crippen LogP contribution in [0.15, 0.2) is 48.5 Å². The van der Waals surface area contributed by atoms with Gasteiger partial charge in [0.25, 0.3) is 5.91 Å². The molecule has 5 rings (SSSR count). The Kier molecular flexibility index (Phi) is 11.0. The highest BCUT2D eigenvalue weighted by Gasteiger charge is 2.52. The van der Waals surface area contributed by atoms with Gasteiger partial charge in [-0.3, -0.25) is 4.79 Å². The highest BCUT2D eigenvalue weighted by molar-refractivity contribution is 6.62. The van der Waals surface area contributed by atoms with Gasteiger partial charge in [-0.05, 0) is 118 Å². The molecule has 3 aliphatic heterocycles. The summed E-state index contributed by atoms with van der Waals surface area (Å²) in [6, 6.07) is 14.1. The summed E-state index contributed by atoms with van der Waals surface area (Å²) >= 11 is 0. The van der Waals surface area contributed by atoms with E-state index >= 15 is 0 Å². The minimum absolute atomic E-state index is 0.0515. The Morgan fingerprint density at radius 3 is 1.53 bits per heavy atom. The van der Waals surface area contributed by atoms with Crippen molar-refractivity contribution >= 4 is 43.1 Å². The lowest BCUT2D eigenvalue weighted by atomic mass is 9.78. The number of carbonyl (C=O) groups excluding carboxylic acids is 2. The number of carboxylic acid groups (broad SMARTS) is 1. The maximum Gasteiger partial charge on any atom is 0.494 e. The summed E-state index contributed by atoms with van der Waals surface area (Å²) in [5, 5.41) is 8.98. The van der Waals surface area contributed by atoms with E-state index in [0.717, 1.165) is 10.9 Å². The van der Waals surface area contributed by atoms with Crippen LogP contribution < -0.4 is 10.9 Å². The van der Waals surface area contributed by atoms with Crippen molar-refractivity contribution in [2.45, 2.75) is 111 Å². The third-order valence-electron chi connectivity index (χ3n) is 9.75. The monoisotopic (exact) mass is 678 g/mol. The lowest BCUT2D eigenvalue weighted by Crippen LogP contribution is -2.41. The van der Waals surface area contributed by atoms with Gasteiger partial charge in [0, 0.05) is 31.7 Å². The number of hydrogen-bond acceptors (Lipinski definition) is 8. The molecule has 0 radical (unpaired) electrons. The van der Waals surface area contributed by atoms with Crippen LogP contribution in [0.3, 0.4) is 0 Å². The zero-order chi connectivity index (χ0) is 36.6. The average molecular weight is 678 g/mol. The molecule has 3 saturated heterocycles. The standard InChI is InChI=1S/C23H35BN2O5.C13H17BO4/c1-21(2,3)29-20(28)26-13-9-12-25(14-15-26)19(27)17-10-8-11-18(16-17)24-30-22(4,5)23(6,7)31-24;1-12(2)13(3,4)18-14(17-12)10-7-5-6-9(8-10)11(15)16/h8,10-11,16H,9,12-15H2,1-7H3;5-8H,1-4H3,(H,15,16). The van der Waals surface area contributed by atoms with E-state index in [1.54, 1.807) is 28.0 Å². The van der Waals surface area contributed by atoms with Crippen LogP contribution >= 0.6 is 0 Å². The topological polar surface area (TPSA) is 124 Å². The van der Waals surface area contributed by atoms with Gasteiger partial charge in [-0.15, -0.1) is 0 Å². The van der Waals surface area contributed by atoms with E-state index in [0.29, 0.717) is 38.2 Å². The van der Waals surface area contributed by atoms with Gasteiger partial charge in [-0.25, -0.2) is 9.59 Å². The molecule has 0 aliphatic carbocycles. The van der Waals surface area contributed by atoms with Crippen molar-refractivity contribution in [2.75, 3.05) is 26.2 Å². The molecule has 266 valence electrons. The Labute approximate surface area is 291 Å². The van der Waals surface area contributed by atoms with Gasteiger partial charge in [0.1, 0.15) is 5.60 Å². The summed E-state index contributed by atoms with van der Waals surface area (Å²) in [5.41, 5.74) is 0.144. The molecule has 0 bridgehead atoms. The van der Waals surface area contributed by atoms with Crippen LogP contribution in [0.2, 0.25) is 0 Å². The molecule has 2 aromatic carbocycles. The van der Waals surface area contributed by atoms with Crippen LogP contribution in [0.5, 0.6) is 0 Å². The maximum absolute atomic E-state index is 13.2. The summed E-state index contributed by atoms with van der Waals surface area (Å²) in [5.74, 6) is -1.00. The van der Waals surface area contributed by atoms with Gasteiger partial charge in [0.2, 0.25) is 0 Å². The fourth-order valence-electron chi connectivity index (χ4n) is 5.41. The number of carbonyl (C=O) groups is 3. The Hall–Kier alpha value is -3.38. The van der Waals surface area contributed by atoms with Crippen LogP contribution in [0.1, 0.15) is 103 Å². The summed E-state index contributed by atoms with van der Waals surface area (Å²) in [7, 11) is -1.03. The lowest BCUT2D eigenvalue weighted by molar-refractivity contribution is 0.00578. The van der Waals surface area contributed by atoms with E-state index in [9.17, 15) is 14.4 Å². The molecule has 13 heteroatoms. The van der Waals surface area contributed by atoms with Crippen molar-refractivity contribution < 1.29 is 42.8 Å². The van der Waals surface area contributed by atoms with Crippen molar-refractivity contribution in [3.63, 3.8) is 0 Å². The molecule has 0 spiro atoms. The Morgan fingerprint density at radius 2 is 1.08 bits per heavy atom. The smallest absolute Gasteiger partial charge is 0.478 e. The van der Waals surface area contributed by atoms with Crippen molar-refractivity contribution in [3.8, 4) is 0 Å². The number of hydrogen-bond donors (Lipinski definition) is 1. The number of carboxylic acids is 1. The maximum atomic E-state index is 13.2. The molecule has 0 saturated carbocycles. The molecule has 3 aliphatic rings. The zero-order valence-corrected chi connectivity index (χ0v) is 30.9. The number of amides is 2. The molecule has 3 fully saturated rings. The lowest BCUT2D eigenvalue weighted by Gasteiger charge is -2.32. The predicted molar refractivity (Wildman–Crippen MR) is 190 cm³/mol. The van der Waals surface area contributed by atoms with E-state index in [4.69, 9.17) is 28.5 Å². The summed E-state index contributed by atoms with van der Waals surface area (Å²) in [6.45, 7) is 23.6. The summed E-state index contributed by atoms with van der Waals surface area (Å²) in [4.78, 5) is 40.0. The van der Waals surface area contributed by atoms with Crippen LogP contribution in [0, 0.1) is 0 Å². The second kappa shape index (κ2) is 14.1. The first kappa shape index (κ1) is 38.4. The van der Waals surface area contributed by atoms with Gasteiger partial charge in [0.05, 0.1) is 28.0 Å². The third kappa shape index (κ3) is 9.05. The second-order valence-electron chi connectivity index (χ2n) is 15.8. The van der Waals surface area contributed by atoms with Crippen molar-refractivity contribution in [1.29, 1.82) is 0 Å². The van der Waals surface area contributed by atoms with Crippen LogP contribution in [-0.4, -0.2) is 101 Å². The first-order valence-electron chi connectivity index (χ1n) is 16.9. The van der Waals surface area contributed by atoms with Crippen molar-refractivity contribution in [2.24, 2.45) is 0 Å². The predicted octanol–water partition coefficient (Wildman–Crippen LogP) is 4.75. The van der Waals surface area contributed by atoms with E-state index in [-0.39, 0.29) is 17.6 Å². The van der Waals surface area contributed by atoms with E-state index < -0.39 is 48.2 Å². The molecule has 0 aromatic heterocycles. The number of nitrogens with zero attached hydrogens (tertiary/aromatic N) is 2. The molecular formula is C36H52B2N2O9. The SMILES string of the molecule is CC(C)(C)OC(=O)N1CCCN(C(=O)c2cccc(B3OC(C)(C)C(C)(C)O3)c2)CC1.CC1(C)OB(c2cccc(C(=O)O)c2)OC1(C)C. The van der Waals surface area contributed by atoms with Crippen LogP contribution in [-0.2, 0) is 23.4 Å². The van der Waals surface area contributed by atoms with Gasteiger partial charge in [-0.2, -0.15) is 0 Å². The van der Waals surface area contributed by atoms with Crippen molar-refractivity contribution in [1.82, 2.24) is 9.80 Å². The first-order valence-corrected chi connectivity index (χ1v) is 16.9. The zero-order valence-electron chi connectivity index (χ0n) is 30.9. The normalized spacial score (nSPS) is 21.0. The Balaban J connectivity index is 0.000000254. The number of rotatable bonds is 4. The summed E-state index contributed by atoms with van der Waals surface area (Å²) in [6.07, 6.45) is 0.381. The van der Waals surface area contributed by atoms with E-state index in [1.165, 1.54) is 0 Å². The fourth-order valence-corrected chi connectivity index (χ4v) is 5.41. The fraction of sp³-hybridized carbons (Fsp3) is 0.583. The Bertz CT molecular complexity index is 1500. The van der Waals surface area contributed by atoms with Gasteiger partial charge in [0.15, 0.2) is 0 Å². The molecule has 11 nitrogen and oxygen atoms in total. The number of aromatic carboxylic acids is 1. The molecule has 2 amide bonds. The number of ether oxygens (including phenoxy) is 1. The average Bonchev–Trinajstić information content (AvgIpc) is 3.21. The third-order valence-corrected chi connectivity index (χ3v) is 9.75. The van der Waals surface area contributed by atoms with E-state index in [2.05, 4.69) is 0 Å². The second-order valence-corrected chi connectivity index (χ2v) is 15.8.